The summed E-state index contributed by atoms with van der Waals surface area (Å²) in [6, 6.07) is 9.56. The Kier molecular flexibility index (Phi) is 5.64. The van der Waals surface area contributed by atoms with Gasteiger partial charge in [-0.15, -0.1) is 11.3 Å². The third-order valence-corrected chi connectivity index (χ3v) is 5.63. The van der Waals surface area contributed by atoms with E-state index in [0.717, 1.165) is 28.4 Å². The number of fused-ring (bicyclic) bond motifs is 1. The van der Waals surface area contributed by atoms with Gasteiger partial charge in [0.05, 0.1) is 22.0 Å². The molecular formula is C22H18F3N3O3S. The number of aromatic nitrogens is 1. The topological polar surface area (TPSA) is 71.5 Å². The van der Waals surface area contributed by atoms with Crippen molar-refractivity contribution in [1.82, 2.24) is 4.98 Å². The van der Waals surface area contributed by atoms with E-state index >= 15 is 0 Å². The largest absolute Gasteiger partial charge is 0.479 e. The molecule has 10 heteroatoms. The summed E-state index contributed by atoms with van der Waals surface area (Å²) in [5, 5.41) is 5.20. The molecule has 32 heavy (non-hydrogen) atoms. The third kappa shape index (κ3) is 4.45. The molecule has 2 amide bonds. The average Bonchev–Trinajstić information content (AvgIpc) is 3.17. The summed E-state index contributed by atoms with van der Waals surface area (Å²) in [7, 11) is 0. The van der Waals surface area contributed by atoms with Crippen LogP contribution in [0.2, 0.25) is 0 Å². The molecule has 0 fully saturated rings. The minimum absolute atomic E-state index is 0.00879. The van der Waals surface area contributed by atoms with Gasteiger partial charge in [0, 0.05) is 16.6 Å². The molecule has 4 rings (SSSR count). The number of hydrogen-bond acceptors (Lipinski definition) is 5. The molecule has 1 atom stereocenters. The van der Waals surface area contributed by atoms with E-state index in [1.807, 2.05) is 18.4 Å². The van der Waals surface area contributed by atoms with Gasteiger partial charge in [0.1, 0.15) is 12.3 Å². The van der Waals surface area contributed by atoms with Crippen LogP contribution in [0.3, 0.4) is 0 Å². The number of halogens is 3. The number of aryl methyl sites for hydroxylation is 1. The van der Waals surface area contributed by atoms with E-state index in [1.54, 1.807) is 19.1 Å². The summed E-state index contributed by atoms with van der Waals surface area (Å²) in [4.78, 5) is 31.1. The van der Waals surface area contributed by atoms with Crippen molar-refractivity contribution >= 4 is 34.5 Å². The van der Waals surface area contributed by atoms with E-state index in [9.17, 15) is 22.8 Å². The number of nitrogens with one attached hydrogen (secondary N) is 1. The molecule has 2 aromatic carbocycles. The SMILES string of the molecule is Cc1nc(-c2ccc3c(c2)N(CC(=O)Nc2cccc(C(F)(F)F)c2)C(=O)C(C)O3)cs1. The normalized spacial score (nSPS) is 15.8. The first kappa shape index (κ1) is 21.8. The second kappa shape index (κ2) is 8.27. The zero-order valence-corrected chi connectivity index (χ0v) is 17.9. The lowest BCUT2D eigenvalue weighted by molar-refractivity contribution is -0.137. The Balaban J connectivity index is 1.59. The average molecular weight is 461 g/mol. The lowest BCUT2D eigenvalue weighted by Gasteiger charge is -2.32. The van der Waals surface area contributed by atoms with Crippen LogP contribution in [0.25, 0.3) is 11.3 Å². The van der Waals surface area contributed by atoms with Gasteiger partial charge in [-0.25, -0.2) is 4.98 Å². The predicted molar refractivity (Wildman–Crippen MR) is 115 cm³/mol. The van der Waals surface area contributed by atoms with Crippen molar-refractivity contribution in [3.8, 4) is 17.0 Å². The fraction of sp³-hybridized carbons (Fsp3) is 0.227. The van der Waals surface area contributed by atoms with Crippen LogP contribution in [0.15, 0.2) is 47.8 Å². The Morgan fingerprint density at radius 3 is 2.72 bits per heavy atom. The number of rotatable bonds is 4. The van der Waals surface area contributed by atoms with E-state index in [4.69, 9.17) is 4.74 Å². The summed E-state index contributed by atoms with van der Waals surface area (Å²) in [6.07, 6.45) is -5.34. The Bertz CT molecular complexity index is 1190. The van der Waals surface area contributed by atoms with Crippen molar-refractivity contribution in [2.75, 3.05) is 16.8 Å². The fourth-order valence-electron chi connectivity index (χ4n) is 3.34. The van der Waals surface area contributed by atoms with Gasteiger partial charge >= 0.3 is 6.18 Å². The summed E-state index contributed by atoms with van der Waals surface area (Å²) in [5.74, 6) is -0.629. The molecule has 166 valence electrons. The van der Waals surface area contributed by atoms with Gasteiger partial charge in [0.2, 0.25) is 5.91 Å². The minimum Gasteiger partial charge on any atom is -0.479 e. The zero-order valence-electron chi connectivity index (χ0n) is 17.1. The number of alkyl halides is 3. The molecular weight excluding hydrogens is 443 g/mol. The maximum atomic E-state index is 12.9. The van der Waals surface area contributed by atoms with Crippen LogP contribution in [-0.2, 0) is 15.8 Å². The number of thiazole rings is 1. The van der Waals surface area contributed by atoms with Crippen molar-refractivity contribution in [3.05, 3.63) is 58.4 Å². The molecule has 2 heterocycles. The molecule has 0 saturated heterocycles. The van der Waals surface area contributed by atoms with Gasteiger partial charge < -0.3 is 10.1 Å². The zero-order chi connectivity index (χ0) is 23.0. The van der Waals surface area contributed by atoms with Crippen LogP contribution in [0.1, 0.15) is 17.5 Å². The number of hydrogen-bond donors (Lipinski definition) is 1. The maximum absolute atomic E-state index is 12.9. The maximum Gasteiger partial charge on any atom is 0.416 e. The number of carbonyl (C=O) groups excluding carboxylic acids is 2. The molecule has 3 aromatic rings. The van der Waals surface area contributed by atoms with E-state index in [2.05, 4.69) is 10.3 Å². The van der Waals surface area contributed by atoms with E-state index in [0.29, 0.717) is 11.4 Å². The minimum atomic E-state index is -4.53. The van der Waals surface area contributed by atoms with E-state index in [-0.39, 0.29) is 12.2 Å². The molecule has 1 aliphatic heterocycles. The Morgan fingerprint density at radius 2 is 2.03 bits per heavy atom. The van der Waals surface area contributed by atoms with Gasteiger partial charge in [-0.1, -0.05) is 6.07 Å². The van der Waals surface area contributed by atoms with Crippen molar-refractivity contribution in [2.24, 2.45) is 0 Å². The number of nitrogens with zero attached hydrogens (tertiary/aromatic N) is 2. The monoisotopic (exact) mass is 461 g/mol. The highest BCUT2D eigenvalue weighted by Crippen LogP contribution is 2.38. The second-order valence-electron chi connectivity index (χ2n) is 7.25. The predicted octanol–water partition coefficient (Wildman–Crippen LogP) is 4.89. The van der Waals surface area contributed by atoms with Gasteiger partial charge in [-0.05, 0) is 50.2 Å². The van der Waals surface area contributed by atoms with Crippen LogP contribution >= 0.6 is 11.3 Å². The quantitative estimate of drug-likeness (QED) is 0.601. The summed E-state index contributed by atoms with van der Waals surface area (Å²) in [5.41, 5.74) is 0.998. The van der Waals surface area contributed by atoms with E-state index in [1.165, 1.54) is 28.4 Å². The first-order chi connectivity index (χ1) is 15.1. The van der Waals surface area contributed by atoms with Crippen molar-refractivity contribution < 1.29 is 27.5 Å². The highest BCUT2D eigenvalue weighted by molar-refractivity contribution is 7.09. The number of amides is 2. The Morgan fingerprint density at radius 1 is 1.25 bits per heavy atom. The van der Waals surface area contributed by atoms with Gasteiger partial charge in [-0.3, -0.25) is 14.5 Å². The van der Waals surface area contributed by atoms with Crippen molar-refractivity contribution in [2.45, 2.75) is 26.1 Å². The highest BCUT2D eigenvalue weighted by atomic mass is 32.1. The lowest BCUT2D eigenvalue weighted by atomic mass is 10.1. The summed E-state index contributed by atoms with van der Waals surface area (Å²) in [6.45, 7) is 3.07. The Hall–Kier alpha value is -3.40. The molecule has 1 aliphatic rings. The molecule has 6 nitrogen and oxygen atoms in total. The first-order valence-electron chi connectivity index (χ1n) is 9.63. The van der Waals surface area contributed by atoms with E-state index < -0.39 is 29.7 Å². The lowest BCUT2D eigenvalue weighted by Crippen LogP contribution is -2.47. The van der Waals surface area contributed by atoms with Crippen LogP contribution in [0.5, 0.6) is 5.75 Å². The van der Waals surface area contributed by atoms with Gasteiger partial charge in [0.25, 0.3) is 5.91 Å². The summed E-state index contributed by atoms with van der Waals surface area (Å²) >= 11 is 1.49. The fourth-order valence-corrected chi connectivity index (χ4v) is 3.96. The van der Waals surface area contributed by atoms with Crippen LogP contribution in [0, 0.1) is 6.92 Å². The molecule has 1 unspecified atom stereocenters. The van der Waals surface area contributed by atoms with Crippen molar-refractivity contribution in [1.29, 1.82) is 0 Å². The van der Waals surface area contributed by atoms with Crippen LogP contribution in [0.4, 0.5) is 24.5 Å². The number of anilines is 2. The molecule has 0 radical (unpaired) electrons. The molecule has 1 aromatic heterocycles. The molecule has 0 bridgehead atoms. The standard InChI is InChI=1S/C22H18F3N3O3S/c1-12-21(30)28(10-20(29)27-16-5-3-4-15(9-16)22(23,24)25)18-8-14(6-7-19(18)31-12)17-11-32-13(2)26-17/h3-9,11-12H,10H2,1-2H3,(H,27,29). The number of benzene rings is 2. The van der Waals surface area contributed by atoms with Crippen LogP contribution < -0.4 is 15.0 Å². The van der Waals surface area contributed by atoms with Gasteiger partial charge in [0.15, 0.2) is 6.10 Å². The molecule has 1 N–H and O–H groups in total. The number of carbonyl (C=O) groups is 2. The molecule has 0 aliphatic carbocycles. The van der Waals surface area contributed by atoms with Crippen molar-refractivity contribution in [3.63, 3.8) is 0 Å². The van der Waals surface area contributed by atoms with Crippen LogP contribution in [-0.4, -0.2) is 29.4 Å². The van der Waals surface area contributed by atoms with Gasteiger partial charge in [-0.2, -0.15) is 13.2 Å². The second-order valence-corrected chi connectivity index (χ2v) is 8.31. The third-order valence-electron chi connectivity index (χ3n) is 4.86. The summed E-state index contributed by atoms with van der Waals surface area (Å²) < 4.78 is 44.5. The highest BCUT2D eigenvalue weighted by Gasteiger charge is 2.34. The number of ether oxygens (including phenoxy) is 1. The smallest absolute Gasteiger partial charge is 0.416 e. The molecule has 0 spiro atoms. The Labute approximate surface area is 185 Å². The molecule has 0 saturated carbocycles. The first-order valence-corrected chi connectivity index (χ1v) is 10.5.